The second-order valence-electron chi connectivity index (χ2n) is 6.70. The van der Waals surface area contributed by atoms with Crippen molar-refractivity contribution < 1.29 is 0 Å². The standard InChI is InChI=1S/C18H23N5OS/c1-14-10-17-19-15(11-18(24)23(17)20-14)12-21-5-3-6-22(8-7-21)13-16-4-2-9-25-16/h2,4,9-11,20H,3,5-8,12-13H2,1H3. The van der Waals surface area contributed by atoms with Crippen LogP contribution in [-0.2, 0) is 13.1 Å². The molecule has 0 bridgehead atoms. The number of hydrogen-bond acceptors (Lipinski definition) is 5. The normalized spacial score (nSPS) is 17.2. The van der Waals surface area contributed by atoms with Crippen LogP contribution in [0.25, 0.3) is 5.65 Å². The number of rotatable bonds is 4. The van der Waals surface area contributed by atoms with E-state index in [0.29, 0.717) is 5.65 Å². The Hall–Kier alpha value is -1.96. The summed E-state index contributed by atoms with van der Waals surface area (Å²) < 4.78 is 1.50. The largest absolute Gasteiger partial charge is 0.297 e. The Bertz CT molecular complexity index is 898. The molecule has 1 N–H and O–H groups in total. The average molecular weight is 357 g/mol. The second kappa shape index (κ2) is 7.11. The predicted octanol–water partition coefficient (Wildman–Crippen LogP) is 2.10. The summed E-state index contributed by atoms with van der Waals surface area (Å²) in [5.74, 6) is 0. The van der Waals surface area contributed by atoms with E-state index in [2.05, 4.69) is 37.4 Å². The molecule has 1 aliphatic heterocycles. The predicted molar refractivity (Wildman–Crippen MR) is 100 cm³/mol. The molecule has 0 atom stereocenters. The molecule has 4 rings (SSSR count). The molecule has 25 heavy (non-hydrogen) atoms. The van der Waals surface area contributed by atoms with Crippen LogP contribution in [0.4, 0.5) is 0 Å². The Balaban J connectivity index is 1.42. The summed E-state index contributed by atoms with van der Waals surface area (Å²) in [4.78, 5) is 23.2. The maximum atomic E-state index is 12.2. The zero-order valence-corrected chi connectivity index (χ0v) is 15.3. The van der Waals surface area contributed by atoms with E-state index in [9.17, 15) is 4.79 Å². The minimum atomic E-state index is -0.0396. The van der Waals surface area contributed by atoms with Crippen molar-refractivity contribution in [3.8, 4) is 0 Å². The SMILES string of the molecule is Cc1cc2nc(CN3CCCN(Cc4cccs4)CC3)cc(=O)n2[nH]1. The highest BCUT2D eigenvalue weighted by molar-refractivity contribution is 7.09. The lowest BCUT2D eigenvalue weighted by Crippen LogP contribution is -2.31. The minimum Gasteiger partial charge on any atom is -0.297 e. The van der Waals surface area contributed by atoms with Crippen molar-refractivity contribution in [1.82, 2.24) is 24.4 Å². The molecule has 0 aliphatic carbocycles. The lowest BCUT2D eigenvalue weighted by atomic mass is 10.3. The van der Waals surface area contributed by atoms with E-state index in [1.807, 2.05) is 24.3 Å². The third-order valence-electron chi connectivity index (χ3n) is 4.66. The van der Waals surface area contributed by atoms with Gasteiger partial charge in [-0.05, 0) is 37.9 Å². The molecule has 7 heteroatoms. The highest BCUT2D eigenvalue weighted by atomic mass is 32.1. The van der Waals surface area contributed by atoms with E-state index in [1.54, 1.807) is 6.07 Å². The van der Waals surface area contributed by atoms with E-state index >= 15 is 0 Å². The molecule has 0 unspecified atom stereocenters. The van der Waals surface area contributed by atoms with Crippen LogP contribution in [0.1, 0.15) is 22.7 Å². The quantitative estimate of drug-likeness (QED) is 0.777. The van der Waals surface area contributed by atoms with Crippen molar-refractivity contribution in [1.29, 1.82) is 0 Å². The van der Waals surface area contributed by atoms with Crippen molar-refractivity contribution in [2.45, 2.75) is 26.4 Å². The van der Waals surface area contributed by atoms with E-state index in [-0.39, 0.29) is 5.56 Å². The molecule has 132 valence electrons. The number of thiophene rings is 1. The van der Waals surface area contributed by atoms with Crippen molar-refractivity contribution in [2.75, 3.05) is 26.2 Å². The summed E-state index contributed by atoms with van der Waals surface area (Å²) in [5.41, 5.74) is 2.47. The Morgan fingerprint density at radius 1 is 1.16 bits per heavy atom. The first kappa shape index (κ1) is 16.5. The molecule has 6 nitrogen and oxygen atoms in total. The second-order valence-corrected chi connectivity index (χ2v) is 7.74. The smallest absolute Gasteiger partial charge is 0.272 e. The van der Waals surface area contributed by atoms with Gasteiger partial charge in [0.25, 0.3) is 5.56 Å². The molecule has 1 saturated heterocycles. The van der Waals surface area contributed by atoms with Crippen LogP contribution in [-0.4, -0.2) is 50.6 Å². The van der Waals surface area contributed by atoms with E-state index in [4.69, 9.17) is 0 Å². The van der Waals surface area contributed by atoms with E-state index in [1.165, 1.54) is 9.39 Å². The maximum Gasteiger partial charge on any atom is 0.272 e. The number of nitrogens with zero attached hydrogens (tertiary/aromatic N) is 4. The van der Waals surface area contributed by atoms with Gasteiger partial charge in [-0.2, -0.15) is 0 Å². The van der Waals surface area contributed by atoms with Gasteiger partial charge < -0.3 is 0 Å². The molecular formula is C18H23N5OS. The number of H-pyrrole nitrogens is 1. The summed E-state index contributed by atoms with van der Waals surface area (Å²) in [6.45, 7) is 7.96. The van der Waals surface area contributed by atoms with Gasteiger partial charge in [-0.3, -0.25) is 19.7 Å². The summed E-state index contributed by atoms with van der Waals surface area (Å²) in [6.07, 6.45) is 1.15. The van der Waals surface area contributed by atoms with Gasteiger partial charge in [0.15, 0.2) is 5.65 Å². The number of aromatic amines is 1. The maximum absolute atomic E-state index is 12.2. The highest BCUT2D eigenvalue weighted by Crippen LogP contribution is 2.14. The summed E-state index contributed by atoms with van der Waals surface area (Å²) in [7, 11) is 0. The summed E-state index contributed by atoms with van der Waals surface area (Å²) in [6, 6.07) is 7.89. The van der Waals surface area contributed by atoms with E-state index < -0.39 is 0 Å². The molecule has 0 spiro atoms. The van der Waals surface area contributed by atoms with Crippen LogP contribution in [0.3, 0.4) is 0 Å². The Labute approximate surface area is 150 Å². The molecule has 0 radical (unpaired) electrons. The zero-order chi connectivity index (χ0) is 17.2. The van der Waals surface area contributed by atoms with Crippen LogP contribution >= 0.6 is 11.3 Å². The third kappa shape index (κ3) is 3.84. The first-order chi connectivity index (χ1) is 12.2. The number of hydrogen-bond donors (Lipinski definition) is 1. The van der Waals surface area contributed by atoms with Crippen LogP contribution < -0.4 is 5.56 Å². The summed E-state index contributed by atoms with van der Waals surface area (Å²) in [5, 5.41) is 5.16. The number of aryl methyl sites for hydroxylation is 1. The van der Waals surface area contributed by atoms with Crippen molar-refractivity contribution >= 4 is 17.0 Å². The molecule has 0 aromatic carbocycles. The molecule has 0 saturated carbocycles. The van der Waals surface area contributed by atoms with Crippen LogP contribution in [0.2, 0.25) is 0 Å². The van der Waals surface area contributed by atoms with Gasteiger partial charge in [-0.25, -0.2) is 9.50 Å². The molecule has 3 aromatic heterocycles. The van der Waals surface area contributed by atoms with Crippen LogP contribution in [0, 0.1) is 6.92 Å². The van der Waals surface area contributed by atoms with Gasteiger partial charge in [0.2, 0.25) is 0 Å². The Morgan fingerprint density at radius 2 is 1.96 bits per heavy atom. The summed E-state index contributed by atoms with van der Waals surface area (Å²) >= 11 is 1.83. The average Bonchev–Trinajstić information content (AvgIpc) is 3.15. The molecular weight excluding hydrogens is 334 g/mol. The van der Waals surface area contributed by atoms with Gasteiger partial charge in [0, 0.05) is 48.9 Å². The Morgan fingerprint density at radius 3 is 2.72 bits per heavy atom. The van der Waals surface area contributed by atoms with Crippen molar-refractivity contribution in [3.63, 3.8) is 0 Å². The first-order valence-electron chi connectivity index (χ1n) is 8.73. The molecule has 0 amide bonds. The van der Waals surface area contributed by atoms with Crippen LogP contribution in [0.15, 0.2) is 34.4 Å². The topological polar surface area (TPSA) is 56.6 Å². The Kier molecular flexibility index (Phi) is 4.70. The molecule has 4 heterocycles. The van der Waals surface area contributed by atoms with Gasteiger partial charge in [-0.15, -0.1) is 11.3 Å². The molecule has 3 aromatic rings. The van der Waals surface area contributed by atoms with Gasteiger partial charge in [-0.1, -0.05) is 6.07 Å². The van der Waals surface area contributed by atoms with E-state index in [0.717, 1.165) is 57.1 Å². The van der Waals surface area contributed by atoms with Crippen LogP contribution in [0.5, 0.6) is 0 Å². The van der Waals surface area contributed by atoms with Gasteiger partial charge >= 0.3 is 0 Å². The van der Waals surface area contributed by atoms with Crippen molar-refractivity contribution in [2.24, 2.45) is 0 Å². The number of aromatic nitrogens is 3. The molecule has 1 aliphatic rings. The molecule has 1 fully saturated rings. The zero-order valence-electron chi connectivity index (χ0n) is 14.4. The first-order valence-corrected chi connectivity index (χ1v) is 9.61. The monoisotopic (exact) mass is 357 g/mol. The van der Waals surface area contributed by atoms with Gasteiger partial charge in [0.05, 0.1) is 5.69 Å². The lowest BCUT2D eigenvalue weighted by molar-refractivity contribution is 0.246. The fourth-order valence-electron chi connectivity index (χ4n) is 3.43. The third-order valence-corrected chi connectivity index (χ3v) is 5.52. The minimum absolute atomic E-state index is 0.0396. The number of fused-ring (bicyclic) bond motifs is 1. The lowest BCUT2D eigenvalue weighted by Gasteiger charge is -2.21. The fourth-order valence-corrected chi connectivity index (χ4v) is 4.18. The number of nitrogens with one attached hydrogen (secondary N) is 1. The van der Waals surface area contributed by atoms with Crippen molar-refractivity contribution in [3.05, 3.63) is 56.3 Å². The van der Waals surface area contributed by atoms with Gasteiger partial charge in [0.1, 0.15) is 0 Å². The fraction of sp³-hybridized carbons (Fsp3) is 0.444. The highest BCUT2D eigenvalue weighted by Gasteiger charge is 2.16.